The summed E-state index contributed by atoms with van der Waals surface area (Å²) < 4.78 is 0.807. The van der Waals surface area contributed by atoms with Crippen molar-refractivity contribution in [2.24, 2.45) is 0 Å². The van der Waals surface area contributed by atoms with Gasteiger partial charge in [-0.15, -0.1) is 10.2 Å². The number of hydrogen-bond donors (Lipinski definition) is 1. The summed E-state index contributed by atoms with van der Waals surface area (Å²) in [6.07, 6.45) is 1.03. The van der Waals surface area contributed by atoms with E-state index in [-0.39, 0.29) is 5.25 Å². The van der Waals surface area contributed by atoms with Gasteiger partial charge in [0, 0.05) is 5.69 Å². The van der Waals surface area contributed by atoms with Crippen LogP contribution in [0.15, 0.2) is 28.6 Å². The van der Waals surface area contributed by atoms with E-state index in [1.165, 1.54) is 28.7 Å². The van der Waals surface area contributed by atoms with Crippen molar-refractivity contribution in [1.82, 2.24) is 10.2 Å². The first-order valence-electron chi connectivity index (χ1n) is 5.97. The van der Waals surface area contributed by atoms with Crippen LogP contribution in [-0.4, -0.2) is 15.4 Å². The molecular formula is C13H14N4S2. The molecule has 0 saturated carbocycles. The lowest BCUT2D eigenvalue weighted by molar-refractivity contribution is 1.01. The van der Waals surface area contributed by atoms with Gasteiger partial charge in [-0.2, -0.15) is 5.26 Å². The van der Waals surface area contributed by atoms with E-state index in [1.807, 2.05) is 19.1 Å². The van der Waals surface area contributed by atoms with Crippen molar-refractivity contribution in [3.63, 3.8) is 0 Å². The molecule has 1 unspecified atom stereocenters. The normalized spacial score (nSPS) is 11.8. The lowest BCUT2D eigenvalue weighted by atomic mass is 10.1. The number of thioether (sulfide) groups is 1. The molecule has 1 N–H and O–H groups in total. The molecule has 0 bridgehead atoms. The fourth-order valence-corrected chi connectivity index (χ4v) is 3.24. The molecule has 0 aliphatic heterocycles. The van der Waals surface area contributed by atoms with Crippen LogP contribution >= 0.6 is 23.1 Å². The van der Waals surface area contributed by atoms with Gasteiger partial charge in [-0.05, 0) is 31.0 Å². The summed E-state index contributed by atoms with van der Waals surface area (Å²) in [4.78, 5) is 0. The molecule has 19 heavy (non-hydrogen) atoms. The van der Waals surface area contributed by atoms with Crippen molar-refractivity contribution in [3.8, 4) is 6.07 Å². The number of aryl methyl sites for hydroxylation is 1. The third-order valence-electron chi connectivity index (χ3n) is 2.48. The molecule has 0 amide bonds. The summed E-state index contributed by atoms with van der Waals surface area (Å²) in [7, 11) is 0. The van der Waals surface area contributed by atoms with Crippen molar-refractivity contribution in [3.05, 3.63) is 29.8 Å². The number of aromatic nitrogens is 2. The van der Waals surface area contributed by atoms with Crippen LogP contribution in [0, 0.1) is 11.3 Å². The number of nitriles is 1. The Labute approximate surface area is 120 Å². The second kappa shape index (κ2) is 6.55. The summed E-state index contributed by atoms with van der Waals surface area (Å²) >= 11 is 2.88. The molecule has 1 atom stereocenters. The Morgan fingerprint density at radius 2 is 2.11 bits per heavy atom. The predicted molar refractivity (Wildman–Crippen MR) is 79.9 cm³/mol. The van der Waals surface area contributed by atoms with E-state index in [1.54, 1.807) is 0 Å². The minimum atomic E-state index is -0.107. The molecule has 6 heteroatoms. The molecule has 0 aliphatic carbocycles. The minimum Gasteiger partial charge on any atom is -0.330 e. The average molecular weight is 290 g/mol. The van der Waals surface area contributed by atoms with Crippen molar-refractivity contribution >= 4 is 33.9 Å². The molecule has 0 spiro atoms. The summed E-state index contributed by atoms with van der Waals surface area (Å²) in [5, 5.41) is 20.7. The third kappa shape index (κ3) is 3.94. The van der Waals surface area contributed by atoms with Gasteiger partial charge in [0.1, 0.15) is 0 Å². The highest BCUT2D eigenvalue weighted by Crippen LogP contribution is 2.30. The van der Waals surface area contributed by atoms with E-state index in [9.17, 15) is 0 Å². The van der Waals surface area contributed by atoms with Gasteiger partial charge in [0.05, 0.1) is 11.3 Å². The molecule has 1 heterocycles. The number of nitrogens with one attached hydrogen (secondary N) is 1. The highest BCUT2D eigenvalue weighted by Gasteiger charge is 2.09. The fourth-order valence-electron chi connectivity index (χ4n) is 1.43. The van der Waals surface area contributed by atoms with Crippen molar-refractivity contribution < 1.29 is 0 Å². The second-order valence-corrected chi connectivity index (χ2v) is 6.50. The van der Waals surface area contributed by atoms with Crippen LogP contribution in [0.2, 0.25) is 0 Å². The first kappa shape index (κ1) is 13.8. The van der Waals surface area contributed by atoms with Crippen molar-refractivity contribution in [2.45, 2.75) is 29.9 Å². The maximum Gasteiger partial charge on any atom is 0.210 e. The Hall–Kier alpha value is -1.58. The molecule has 0 aliphatic rings. The molecule has 2 rings (SSSR count). The molecule has 1 aromatic heterocycles. The van der Waals surface area contributed by atoms with Gasteiger partial charge >= 0.3 is 0 Å². The zero-order valence-electron chi connectivity index (χ0n) is 10.8. The monoisotopic (exact) mass is 290 g/mol. The highest BCUT2D eigenvalue weighted by molar-refractivity contribution is 8.01. The summed E-state index contributed by atoms with van der Waals surface area (Å²) in [5.74, 6) is 0. The Balaban J connectivity index is 2.01. The maximum absolute atomic E-state index is 8.76. The average Bonchev–Trinajstić information content (AvgIpc) is 2.86. The third-order valence-corrected chi connectivity index (χ3v) is 4.39. The molecule has 0 fully saturated rings. The van der Waals surface area contributed by atoms with Crippen LogP contribution in [0.5, 0.6) is 0 Å². The van der Waals surface area contributed by atoms with E-state index in [2.05, 4.69) is 40.6 Å². The number of anilines is 2. The quantitative estimate of drug-likeness (QED) is 0.847. The lowest BCUT2D eigenvalue weighted by Gasteiger charge is -2.02. The Morgan fingerprint density at radius 3 is 2.74 bits per heavy atom. The molecule has 4 nitrogen and oxygen atoms in total. The largest absolute Gasteiger partial charge is 0.330 e. The number of benzene rings is 1. The van der Waals surface area contributed by atoms with Crippen LogP contribution in [0.4, 0.5) is 10.8 Å². The maximum atomic E-state index is 8.76. The van der Waals surface area contributed by atoms with Crippen LogP contribution in [-0.2, 0) is 6.42 Å². The fraction of sp³-hybridized carbons (Fsp3) is 0.308. The summed E-state index contributed by atoms with van der Waals surface area (Å²) in [5.41, 5.74) is 2.31. The Kier molecular flexibility index (Phi) is 4.77. The molecule has 0 radical (unpaired) electrons. The van der Waals surface area contributed by atoms with E-state index < -0.39 is 0 Å². The minimum absolute atomic E-state index is 0.107. The van der Waals surface area contributed by atoms with Gasteiger partial charge in [0.2, 0.25) is 5.13 Å². The zero-order valence-corrected chi connectivity index (χ0v) is 12.4. The number of rotatable bonds is 5. The van der Waals surface area contributed by atoms with Gasteiger partial charge in [-0.3, -0.25) is 0 Å². The molecule has 1 aromatic carbocycles. The standard InChI is InChI=1S/C13H14N4S2/c1-3-10-4-6-11(7-5-10)15-12-16-17-13(19-12)18-9(2)8-14/h4-7,9H,3H2,1-2H3,(H,15,16). The van der Waals surface area contributed by atoms with Crippen LogP contribution in [0.1, 0.15) is 19.4 Å². The smallest absolute Gasteiger partial charge is 0.210 e. The Bertz CT molecular complexity index is 571. The zero-order chi connectivity index (χ0) is 13.7. The van der Waals surface area contributed by atoms with Crippen LogP contribution < -0.4 is 5.32 Å². The number of nitrogens with zero attached hydrogens (tertiary/aromatic N) is 3. The SMILES string of the molecule is CCc1ccc(Nc2nnc(SC(C)C#N)s2)cc1. The van der Waals surface area contributed by atoms with Crippen LogP contribution in [0.25, 0.3) is 0 Å². The van der Waals surface area contributed by atoms with Gasteiger partial charge in [-0.1, -0.05) is 42.2 Å². The molecule has 98 valence electrons. The second-order valence-electron chi connectivity index (χ2n) is 3.94. The van der Waals surface area contributed by atoms with Crippen molar-refractivity contribution in [2.75, 3.05) is 5.32 Å². The van der Waals surface area contributed by atoms with Gasteiger partial charge in [-0.25, -0.2) is 0 Å². The van der Waals surface area contributed by atoms with E-state index in [0.717, 1.165) is 21.6 Å². The molecule has 0 saturated heterocycles. The van der Waals surface area contributed by atoms with E-state index in [0.29, 0.717) is 0 Å². The highest BCUT2D eigenvalue weighted by atomic mass is 32.2. The van der Waals surface area contributed by atoms with Gasteiger partial charge in [0.25, 0.3) is 0 Å². The first-order valence-corrected chi connectivity index (χ1v) is 7.66. The molecular weight excluding hydrogens is 276 g/mol. The van der Waals surface area contributed by atoms with Crippen LogP contribution in [0.3, 0.4) is 0 Å². The lowest BCUT2D eigenvalue weighted by Crippen LogP contribution is -1.89. The van der Waals surface area contributed by atoms with E-state index in [4.69, 9.17) is 5.26 Å². The van der Waals surface area contributed by atoms with E-state index >= 15 is 0 Å². The van der Waals surface area contributed by atoms with Gasteiger partial charge in [0.15, 0.2) is 4.34 Å². The topological polar surface area (TPSA) is 61.6 Å². The summed E-state index contributed by atoms with van der Waals surface area (Å²) in [6.45, 7) is 3.98. The summed E-state index contributed by atoms with van der Waals surface area (Å²) in [6, 6.07) is 10.4. The molecule has 2 aromatic rings. The number of hydrogen-bond acceptors (Lipinski definition) is 6. The van der Waals surface area contributed by atoms with Gasteiger partial charge < -0.3 is 5.32 Å². The predicted octanol–water partition coefficient (Wildman–Crippen LogP) is 3.85. The first-order chi connectivity index (χ1) is 9.21. The van der Waals surface area contributed by atoms with Crippen molar-refractivity contribution in [1.29, 1.82) is 5.26 Å². The Morgan fingerprint density at radius 1 is 1.37 bits per heavy atom.